The molecule has 0 saturated carbocycles. The summed E-state index contributed by atoms with van der Waals surface area (Å²) in [6, 6.07) is 1.97. The van der Waals surface area contributed by atoms with Crippen molar-refractivity contribution < 1.29 is 14.8 Å². The van der Waals surface area contributed by atoms with Crippen molar-refractivity contribution in [2.45, 2.75) is 33.2 Å². The van der Waals surface area contributed by atoms with Crippen molar-refractivity contribution in [3.05, 3.63) is 27.9 Å². The maximum Gasteiger partial charge on any atom is 0.326 e. The highest BCUT2D eigenvalue weighted by atomic mass is 16.6. The van der Waals surface area contributed by atoms with E-state index in [1.807, 2.05) is 13.8 Å². The lowest BCUT2D eigenvalue weighted by molar-refractivity contribution is -0.385. The molecule has 7 nitrogen and oxygen atoms in total. The van der Waals surface area contributed by atoms with E-state index in [9.17, 15) is 14.9 Å². The van der Waals surface area contributed by atoms with Crippen molar-refractivity contribution >= 4 is 17.5 Å². The molecule has 1 aromatic heterocycles. The molecule has 0 aromatic carbocycles. The van der Waals surface area contributed by atoms with Crippen molar-refractivity contribution in [1.82, 2.24) is 4.98 Å². The number of nitrogens with zero attached hydrogens (tertiary/aromatic N) is 2. The van der Waals surface area contributed by atoms with Crippen LogP contribution >= 0.6 is 0 Å². The summed E-state index contributed by atoms with van der Waals surface area (Å²) in [4.78, 5) is 25.3. The van der Waals surface area contributed by atoms with E-state index in [4.69, 9.17) is 5.11 Å². The molecule has 0 spiro atoms. The predicted octanol–water partition coefficient (Wildman–Crippen LogP) is 2.21. The van der Waals surface area contributed by atoms with Crippen LogP contribution in [-0.2, 0) is 4.79 Å². The van der Waals surface area contributed by atoms with Gasteiger partial charge in [-0.05, 0) is 18.9 Å². The van der Waals surface area contributed by atoms with Crippen molar-refractivity contribution in [1.29, 1.82) is 0 Å². The van der Waals surface area contributed by atoms with Gasteiger partial charge in [-0.3, -0.25) is 10.1 Å². The van der Waals surface area contributed by atoms with Crippen LogP contribution < -0.4 is 5.32 Å². The standard InChI is InChI=1S/C12H17N3O4/c1-4-7(2)11(12(16)17)14-10-6-5-9(15(18)19)8(3)13-10/h5-7,11H,4H2,1-3H3,(H,13,14)(H,16,17)/t7-,11-/m0/s1. The molecule has 0 saturated heterocycles. The highest BCUT2D eigenvalue weighted by Gasteiger charge is 2.24. The minimum atomic E-state index is -0.966. The quantitative estimate of drug-likeness (QED) is 0.604. The fourth-order valence-corrected chi connectivity index (χ4v) is 1.67. The first kappa shape index (κ1) is 14.9. The van der Waals surface area contributed by atoms with Gasteiger partial charge in [-0.25, -0.2) is 9.78 Å². The zero-order chi connectivity index (χ0) is 14.6. The summed E-state index contributed by atoms with van der Waals surface area (Å²) in [5, 5.41) is 22.6. The summed E-state index contributed by atoms with van der Waals surface area (Å²) in [6.07, 6.45) is 0.704. The number of hydrogen-bond acceptors (Lipinski definition) is 5. The van der Waals surface area contributed by atoms with Gasteiger partial charge in [0, 0.05) is 6.07 Å². The molecule has 7 heteroatoms. The van der Waals surface area contributed by atoms with Crippen molar-refractivity contribution in [2.24, 2.45) is 5.92 Å². The number of anilines is 1. The molecule has 0 amide bonds. The van der Waals surface area contributed by atoms with E-state index in [0.29, 0.717) is 12.2 Å². The highest BCUT2D eigenvalue weighted by Crippen LogP contribution is 2.20. The van der Waals surface area contributed by atoms with E-state index in [0.717, 1.165) is 0 Å². The smallest absolute Gasteiger partial charge is 0.326 e. The summed E-state index contributed by atoms with van der Waals surface area (Å²) >= 11 is 0. The first-order valence-corrected chi connectivity index (χ1v) is 5.98. The maximum atomic E-state index is 11.2. The van der Waals surface area contributed by atoms with Crippen LogP contribution in [0.5, 0.6) is 0 Å². The monoisotopic (exact) mass is 267 g/mol. The van der Waals surface area contributed by atoms with E-state index >= 15 is 0 Å². The third-order valence-corrected chi connectivity index (χ3v) is 3.04. The normalized spacial score (nSPS) is 13.6. The molecule has 0 unspecified atom stereocenters. The lowest BCUT2D eigenvalue weighted by atomic mass is 9.99. The summed E-state index contributed by atoms with van der Waals surface area (Å²) in [5.41, 5.74) is 0.171. The Balaban J connectivity index is 2.95. The molecule has 1 aromatic rings. The van der Waals surface area contributed by atoms with Gasteiger partial charge in [0.1, 0.15) is 17.6 Å². The Hall–Kier alpha value is -2.18. The molecule has 0 aliphatic rings. The van der Waals surface area contributed by atoms with Gasteiger partial charge in [0.25, 0.3) is 5.69 Å². The average molecular weight is 267 g/mol. The SMILES string of the molecule is CC[C@H](C)[C@H](Nc1ccc([N+](=O)[O-])c(C)n1)C(=O)O. The van der Waals surface area contributed by atoms with Gasteiger partial charge in [-0.1, -0.05) is 20.3 Å². The molecule has 0 bridgehead atoms. The molecule has 1 heterocycles. The Morgan fingerprint density at radius 3 is 2.63 bits per heavy atom. The number of rotatable bonds is 6. The molecule has 19 heavy (non-hydrogen) atoms. The molecule has 2 atom stereocenters. The van der Waals surface area contributed by atoms with E-state index < -0.39 is 16.9 Å². The third-order valence-electron chi connectivity index (χ3n) is 3.04. The maximum absolute atomic E-state index is 11.2. The van der Waals surface area contributed by atoms with E-state index in [1.54, 1.807) is 0 Å². The summed E-state index contributed by atoms with van der Waals surface area (Å²) in [5.74, 6) is -0.710. The van der Waals surface area contributed by atoms with Crippen LogP contribution in [0.1, 0.15) is 26.0 Å². The Labute approximate surface area is 110 Å². The summed E-state index contributed by atoms with van der Waals surface area (Å²) < 4.78 is 0. The number of hydrogen-bond donors (Lipinski definition) is 2. The van der Waals surface area contributed by atoms with Gasteiger partial charge in [-0.2, -0.15) is 0 Å². The number of aromatic nitrogens is 1. The summed E-state index contributed by atoms with van der Waals surface area (Å²) in [6.45, 7) is 5.24. The van der Waals surface area contributed by atoms with Crippen molar-refractivity contribution in [3.8, 4) is 0 Å². The fraction of sp³-hybridized carbons (Fsp3) is 0.500. The van der Waals surface area contributed by atoms with Crippen LogP contribution in [0.2, 0.25) is 0 Å². The number of nitro groups is 1. The number of pyridine rings is 1. The molecule has 0 radical (unpaired) electrons. The van der Waals surface area contributed by atoms with Gasteiger partial charge >= 0.3 is 5.97 Å². The Bertz CT molecular complexity index is 490. The topological polar surface area (TPSA) is 105 Å². The molecule has 104 valence electrons. The zero-order valence-electron chi connectivity index (χ0n) is 11.1. The first-order chi connectivity index (χ1) is 8.86. The van der Waals surface area contributed by atoms with Gasteiger partial charge in [0.2, 0.25) is 0 Å². The van der Waals surface area contributed by atoms with E-state index in [2.05, 4.69) is 10.3 Å². The molecular formula is C12H17N3O4. The van der Waals surface area contributed by atoms with Gasteiger partial charge in [0.15, 0.2) is 0 Å². The van der Waals surface area contributed by atoms with Crippen LogP contribution in [0.15, 0.2) is 12.1 Å². The first-order valence-electron chi connectivity index (χ1n) is 5.98. The minimum Gasteiger partial charge on any atom is -0.480 e. The minimum absolute atomic E-state index is 0.0743. The number of aliphatic carboxylic acids is 1. The Morgan fingerprint density at radius 1 is 1.58 bits per heavy atom. The Kier molecular flexibility index (Phi) is 4.80. The van der Waals surface area contributed by atoms with Gasteiger partial charge < -0.3 is 10.4 Å². The number of carbonyl (C=O) groups is 1. The Morgan fingerprint density at radius 2 is 2.21 bits per heavy atom. The average Bonchev–Trinajstić information content (AvgIpc) is 2.34. The molecule has 1 rings (SSSR count). The molecule has 2 N–H and O–H groups in total. The number of nitrogens with one attached hydrogen (secondary N) is 1. The fourth-order valence-electron chi connectivity index (χ4n) is 1.67. The van der Waals surface area contributed by atoms with Crippen molar-refractivity contribution in [2.75, 3.05) is 5.32 Å². The summed E-state index contributed by atoms with van der Waals surface area (Å²) in [7, 11) is 0. The van der Waals surface area contributed by atoms with Crippen LogP contribution in [-0.4, -0.2) is 27.0 Å². The van der Waals surface area contributed by atoms with Crippen molar-refractivity contribution in [3.63, 3.8) is 0 Å². The van der Waals surface area contributed by atoms with Crippen LogP contribution in [0.3, 0.4) is 0 Å². The second kappa shape index (κ2) is 6.12. The van der Waals surface area contributed by atoms with Crippen LogP contribution in [0.4, 0.5) is 11.5 Å². The molecule has 0 fully saturated rings. The molecular weight excluding hydrogens is 250 g/mol. The van der Waals surface area contributed by atoms with Gasteiger partial charge in [0.05, 0.1) is 4.92 Å². The lowest BCUT2D eigenvalue weighted by Crippen LogP contribution is -2.35. The predicted molar refractivity (Wildman–Crippen MR) is 70.1 cm³/mol. The largest absolute Gasteiger partial charge is 0.480 e. The highest BCUT2D eigenvalue weighted by molar-refractivity contribution is 5.77. The van der Waals surface area contributed by atoms with Crippen LogP contribution in [0, 0.1) is 23.0 Å². The van der Waals surface area contributed by atoms with E-state index in [1.165, 1.54) is 19.1 Å². The lowest BCUT2D eigenvalue weighted by Gasteiger charge is -2.20. The molecule has 0 aliphatic carbocycles. The molecule has 0 aliphatic heterocycles. The second-order valence-corrected chi connectivity index (χ2v) is 4.40. The second-order valence-electron chi connectivity index (χ2n) is 4.40. The number of carboxylic acids is 1. The van der Waals surface area contributed by atoms with Crippen LogP contribution in [0.25, 0.3) is 0 Å². The number of aryl methyl sites for hydroxylation is 1. The zero-order valence-corrected chi connectivity index (χ0v) is 11.1. The number of carboxylic acid groups (broad SMARTS) is 1. The van der Waals surface area contributed by atoms with Gasteiger partial charge in [-0.15, -0.1) is 0 Å². The van der Waals surface area contributed by atoms with E-state index in [-0.39, 0.29) is 17.3 Å². The third kappa shape index (κ3) is 3.64.